The zero-order chi connectivity index (χ0) is 22.9. The maximum absolute atomic E-state index is 14.2. The van der Waals surface area contributed by atoms with Gasteiger partial charge in [0.1, 0.15) is 5.82 Å². The van der Waals surface area contributed by atoms with Gasteiger partial charge in [-0.3, -0.25) is 9.78 Å². The van der Waals surface area contributed by atoms with Gasteiger partial charge in [-0.1, -0.05) is 35.9 Å². The highest BCUT2D eigenvalue weighted by Gasteiger charge is 2.26. The van der Waals surface area contributed by atoms with Crippen LogP contribution in [-0.4, -0.2) is 47.0 Å². The maximum atomic E-state index is 14.2. The fourth-order valence-electron chi connectivity index (χ4n) is 4.26. The Labute approximate surface area is 196 Å². The minimum Gasteiger partial charge on any atom is -0.366 e. The van der Waals surface area contributed by atoms with E-state index in [4.69, 9.17) is 16.6 Å². The lowest BCUT2D eigenvalue weighted by atomic mass is 10.0. The Morgan fingerprint density at radius 3 is 2.45 bits per heavy atom. The molecule has 0 radical (unpaired) electrons. The van der Waals surface area contributed by atoms with Crippen molar-refractivity contribution >= 4 is 34.1 Å². The highest BCUT2D eigenvalue weighted by Crippen LogP contribution is 2.31. The van der Waals surface area contributed by atoms with E-state index in [2.05, 4.69) is 4.98 Å². The highest BCUT2D eigenvalue weighted by atomic mass is 35.5. The van der Waals surface area contributed by atoms with Crippen LogP contribution in [0, 0.1) is 12.7 Å². The molecule has 0 bridgehead atoms. The van der Waals surface area contributed by atoms with Crippen LogP contribution in [-0.2, 0) is 0 Å². The van der Waals surface area contributed by atoms with Crippen molar-refractivity contribution in [1.29, 1.82) is 0 Å². The molecule has 7 heteroatoms. The number of anilines is 1. The summed E-state index contributed by atoms with van der Waals surface area (Å²) in [4.78, 5) is 26.7. The molecular formula is C26H22ClFN4O. The quantitative estimate of drug-likeness (QED) is 0.413. The zero-order valence-electron chi connectivity index (χ0n) is 18.1. The monoisotopic (exact) mass is 460 g/mol. The summed E-state index contributed by atoms with van der Waals surface area (Å²) in [6, 6.07) is 17.8. The van der Waals surface area contributed by atoms with E-state index in [-0.39, 0.29) is 11.7 Å². The van der Waals surface area contributed by atoms with Crippen LogP contribution in [0.3, 0.4) is 0 Å². The smallest absolute Gasteiger partial charge is 0.254 e. The van der Waals surface area contributed by atoms with Gasteiger partial charge in [-0.2, -0.15) is 0 Å². The number of aromatic nitrogens is 2. The van der Waals surface area contributed by atoms with Crippen molar-refractivity contribution in [2.75, 3.05) is 31.1 Å². The number of fused-ring (bicyclic) bond motifs is 1. The van der Waals surface area contributed by atoms with Crippen LogP contribution in [0.1, 0.15) is 15.9 Å². The van der Waals surface area contributed by atoms with Gasteiger partial charge in [0.2, 0.25) is 0 Å². The van der Waals surface area contributed by atoms with Gasteiger partial charge in [-0.25, -0.2) is 9.37 Å². The first kappa shape index (κ1) is 21.3. The van der Waals surface area contributed by atoms with Crippen LogP contribution in [0.5, 0.6) is 0 Å². The first-order valence-corrected chi connectivity index (χ1v) is 11.2. The standard InChI is InChI=1S/C26H22ClFN4O/c1-17-20(27)10-9-18-19(16-23(30-25(17)18)22-7-4-5-11-29-22)26(33)32-14-12-31(13-15-32)24-8-3-2-6-21(24)28/h2-11,16H,12-15H2,1H3. The van der Waals surface area contributed by atoms with Gasteiger partial charge in [-0.05, 0) is 48.9 Å². The largest absolute Gasteiger partial charge is 0.366 e. The number of piperazine rings is 1. The number of amides is 1. The van der Waals surface area contributed by atoms with E-state index in [1.807, 2.05) is 53.1 Å². The van der Waals surface area contributed by atoms with Crippen molar-refractivity contribution in [2.45, 2.75) is 6.92 Å². The van der Waals surface area contributed by atoms with Crippen molar-refractivity contribution in [1.82, 2.24) is 14.9 Å². The molecule has 3 heterocycles. The highest BCUT2D eigenvalue weighted by molar-refractivity contribution is 6.32. The summed E-state index contributed by atoms with van der Waals surface area (Å²) in [5.74, 6) is -0.320. The fourth-order valence-corrected chi connectivity index (χ4v) is 4.41. The Hall–Kier alpha value is -3.51. The molecule has 5 rings (SSSR count). The third kappa shape index (κ3) is 4.02. The summed E-state index contributed by atoms with van der Waals surface area (Å²) in [6.07, 6.45) is 1.70. The normalized spacial score (nSPS) is 14.0. The zero-order valence-corrected chi connectivity index (χ0v) is 18.9. The number of carbonyl (C=O) groups is 1. The Morgan fingerprint density at radius 2 is 1.73 bits per heavy atom. The predicted octanol–water partition coefficient (Wildman–Crippen LogP) is 5.36. The second-order valence-corrected chi connectivity index (χ2v) is 8.48. The Balaban J connectivity index is 1.50. The fraction of sp³-hybridized carbons (Fsp3) is 0.192. The van der Waals surface area contributed by atoms with Gasteiger partial charge < -0.3 is 9.80 Å². The molecule has 2 aromatic carbocycles. The van der Waals surface area contributed by atoms with Crippen LogP contribution in [0.2, 0.25) is 5.02 Å². The molecule has 0 spiro atoms. The molecule has 1 aliphatic heterocycles. The molecule has 1 aliphatic rings. The second kappa shape index (κ2) is 8.79. The van der Waals surface area contributed by atoms with Gasteiger partial charge in [0.25, 0.3) is 5.91 Å². The number of halogens is 2. The van der Waals surface area contributed by atoms with Crippen LogP contribution >= 0.6 is 11.6 Å². The first-order chi connectivity index (χ1) is 16.0. The number of hydrogen-bond donors (Lipinski definition) is 0. The summed E-state index contributed by atoms with van der Waals surface area (Å²) in [7, 11) is 0. The summed E-state index contributed by atoms with van der Waals surface area (Å²) in [5.41, 5.74) is 3.98. The van der Waals surface area contributed by atoms with E-state index >= 15 is 0 Å². The number of nitrogens with zero attached hydrogens (tertiary/aromatic N) is 4. The lowest BCUT2D eigenvalue weighted by molar-refractivity contribution is 0.0748. The Kier molecular flexibility index (Phi) is 5.68. The minimum absolute atomic E-state index is 0.0745. The molecule has 0 aliphatic carbocycles. The van der Waals surface area contributed by atoms with Crippen LogP contribution in [0.25, 0.3) is 22.3 Å². The average molecular weight is 461 g/mol. The number of benzene rings is 2. The molecule has 0 N–H and O–H groups in total. The van der Waals surface area contributed by atoms with E-state index in [0.717, 1.165) is 10.9 Å². The maximum Gasteiger partial charge on any atom is 0.254 e. The summed E-state index contributed by atoms with van der Waals surface area (Å²) < 4.78 is 14.2. The van der Waals surface area contributed by atoms with Crippen molar-refractivity contribution in [2.24, 2.45) is 0 Å². The second-order valence-electron chi connectivity index (χ2n) is 8.07. The van der Waals surface area contributed by atoms with Gasteiger partial charge in [-0.15, -0.1) is 0 Å². The SMILES string of the molecule is Cc1c(Cl)ccc2c(C(=O)N3CCN(c4ccccc4F)CC3)cc(-c3ccccn3)nc12. The molecule has 4 aromatic rings. The average Bonchev–Trinajstić information content (AvgIpc) is 2.86. The predicted molar refractivity (Wildman–Crippen MR) is 129 cm³/mol. The summed E-state index contributed by atoms with van der Waals surface area (Å²) in [6.45, 7) is 4.04. The molecule has 1 saturated heterocycles. The van der Waals surface area contributed by atoms with Crippen molar-refractivity contribution < 1.29 is 9.18 Å². The van der Waals surface area contributed by atoms with Crippen molar-refractivity contribution in [3.05, 3.63) is 88.8 Å². The van der Waals surface area contributed by atoms with Crippen LogP contribution in [0.15, 0.2) is 66.9 Å². The van der Waals surface area contributed by atoms with Crippen LogP contribution < -0.4 is 4.90 Å². The summed E-state index contributed by atoms with van der Waals surface area (Å²) >= 11 is 6.37. The number of para-hydroxylation sites is 1. The number of hydrogen-bond acceptors (Lipinski definition) is 4. The number of aryl methyl sites for hydroxylation is 1. The lowest BCUT2D eigenvalue weighted by Crippen LogP contribution is -2.49. The number of pyridine rings is 2. The van der Waals surface area contributed by atoms with Gasteiger partial charge >= 0.3 is 0 Å². The number of carbonyl (C=O) groups excluding carboxylic acids is 1. The van der Waals surface area contributed by atoms with E-state index in [0.29, 0.717) is 59.4 Å². The first-order valence-electron chi connectivity index (χ1n) is 10.8. The molecule has 1 amide bonds. The topological polar surface area (TPSA) is 49.3 Å². The van der Waals surface area contributed by atoms with E-state index < -0.39 is 0 Å². The Morgan fingerprint density at radius 1 is 0.970 bits per heavy atom. The molecule has 1 fully saturated rings. The van der Waals surface area contributed by atoms with Crippen LogP contribution in [0.4, 0.5) is 10.1 Å². The van der Waals surface area contributed by atoms with E-state index in [9.17, 15) is 9.18 Å². The molecule has 0 unspecified atom stereocenters. The van der Waals surface area contributed by atoms with E-state index in [1.165, 1.54) is 6.07 Å². The lowest BCUT2D eigenvalue weighted by Gasteiger charge is -2.36. The molecule has 0 saturated carbocycles. The van der Waals surface area contributed by atoms with Crippen molar-refractivity contribution in [3.63, 3.8) is 0 Å². The number of rotatable bonds is 3. The van der Waals surface area contributed by atoms with Gasteiger partial charge in [0, 0.05) is 42.8 Å². The molecule has 2 aromatic heterocycles. The van der Waals surface area contributed by atoms with Crippen molar-refractivity contribution in [3.8, 4) is 11.4 Å². The van der Waals surface area contributed by atoms with E-state index in [1.54, 1.807) is 24.4 Å². The molecule has 5 nitrogen and oxygen atoms in total. The molecule has 166 valence electrons. The molecule has 33 heavy (non-hydrogen) atoms. The minimum atomic E-state index is -0.246. The molecule has 0 atom stereocenters. The molecular weight excluding hydrogens is 439 g/mol. The summed E-state index contributed by atoms with van der Waals surface area (Å²) in [5, 5.41) is 1.36. The van der Waals surface area contributed by atoms with Gasteiger partial charge in [0.15, 0.2) is 0 Å². The van der Waals surface area contributed by atoms with Gasteiger partial charge in [0.05, 0.1) is 28.2 Å². The Bertz CT molecular complexity index is 1340. The third-order valence-electron chi connectivity index (χ3n) is 6.09. The third-order valence-corrected chi connectivity index (χ3v) is 6.50.